The van der Waals surface area contributed by atoms with Crippen molar-refractivity contribution in [2.75, 3.05) is 5.32 Å². The van der Waals surface area contributed by atoms with Crippen LogP contribution in [0.4, 0.5) is 5.95 Å². The lowest BCUT2D eigenvalue weighted by Crippen LogP contribution is -2.22. The van der Waals surface area contributed by atoms with Gasteiger partial charge >= 0.3 is 0 Å². The molecule has 0 saturated heterocycles. The van der Waals surface area contributed by atoms with Gasteiger partial charge in [-0.05, 0) is 56.2 Å². The van der Waals surface area contributed by atoms with Gasteiger partial charge in [-0.3, -0.25) is 14.7 Å². The van der Waals surface area contributed by atoms with Crippen LogP contribution in [0, 0.1) is 6.92 Å². The SMILES string of the molecule is Cc1ccc2nc(NC(=O)CCc3cccs3)n(C3CCC3)c2n1. The molecule has 0 aliphatic heterocycles. The summed E-state index contributed by atoms with van der Waals surface area (Å²) in [6, 6.07) is 8.42. The van der Waals surface area contributed by atoms with Crippen LogP contribution in [0.3, 0.4) is 0 Å². The van der Waals surface area contributed by atoms with E-state index < -0.39 is 0 Å². The fourth-order valence-electron chi connectivity index (χ4n) is 3.03. The molecule has 0 spiro atoms. The zero-order valence-electron chi connectivity index (χ0n) is 13.7. The minimum atomic E-state index is 0.0102. The molecular weight excluding hydrogens is 320 g/mol. The Balaban J connectivity index is 1.57. The minimum absolute atomic E-state index is 0.0102. The Kier molecular flexibility index (Phi) is 4.06. The number of thiophene rings is 1. The van der Waals surface area contributed by atoms with Crippen LogP contribution in [0.1, 0.15) is 42.3 Å². The van der Waals surface area contributed by atoms with Crippen molar-refractivity contribution in [2.45, 2.75) is 45.1 Å². The molecular formula is C18H20N4OS. The smallest absolute Gasteiger partial charge is 0.227 e. The van der Waals surface area contributed by atoms with Gasteiger partial charge in [0, 0.05) is 23.0 Å². The van der Waals surface area contributed by atoms with E-state index in [1.807, 2.05) is 30.5 Å². The third-order valence-electron chi connectivity index (χ3n) is 4.55. The third kappa shape index (κ3) is 2.94. The lowest BCUT2D eigenvalue weighted by molar-refractivity contribution is -0.116. The van der Waals surface area contributed by atoms with Crippen LogP contribution in [-0.4, -0.2) is 20.4 Å². The molecule has 1 aliphatic rings. The number of imidazole rings is 1. The first-order valence-electron chi connectivity index (χ1n) is 8.38. The number of pyridine rings is 1. The maximum absolute atomic E-state index is 12.4. The zero-order chi connectivity index (χ0) is 16.5. The number of aryl methyl sites for hydroxylation is 2. The third-order valence-corrected chi connectivity index (χ3v) is 5.48. The number of fused-ring (bicyclic) bond motifs is 1. The predicted molar refractivity (Wildman–Crippen MR) is 96.4 cm³/mol. The highest BCUT2D eigenvalue weighted by atomic mass is 32.1. The molecule has 0 radical (unpaired) electrons. The normalized spacial score (nSPS) is 14.7. The molecule has 0 atom stereocenters. The van der Waals surface area contributed by atoms with Gasteiger partial charge in [0.05, 0.1) is 0 Å². The van der Waals surface area contributed by atoms with E-state index in [1.54, 1.807) is 11.3 Å². The fourth-order valence-corrected chi connectivity index (χ4v) is 3.74. The van der Waals surface area contributed by atoms with Crippen molar-refractivity contribution < 1.29 is 4.79 Å². The largest absolute Gasteiger partial charge is 0.296 e. The number of aromatic nitrogens is 3. The van der Waals surface area contributed by atoms with E-state index in [0.29, 0.717) is 18.4 Å². The van der Waals surface area contributed by atoms with Gasteiger partial charge in [-0.25, -0.2) is 9.97 Å². The minimum Gasteiger partial charge on any atom is -0.296 e. The molecule has 1 amide bonds. The lowest BCUT2D eigenvalue weighted by Gasteiger charge is -2.28. The molecule has 3 aromatic heterocycles. The Bertz CT molecular complexity index is 865. The first kappa shape index (κ1) is 15.3. The molecule has 24 heavy (non-hydrogen) atoms. The van der Waals surface area contributed by atoms with Gasteiger partial charge in [0.15, 0.2) is 5.65 Å². The summed E-state index contributed by atoms with van der Waals surface area (Å²) < 4.78 is 2.12. The highest BCUT2D eigenvalue weighted by molar-refractivity contribution is 7.09. The van der Waals surface area contributed by atoms with Crippen molar-refractivity contribution in [3.8, 4) is 0 Å². The highest BCUT2D eigenvalue weighted by Gasteiger charge is 2.26. The van der Waals surface area contributed by atoms with Crippen molar-refractivity contribution in [3.63, 3.8) is 0 Å². The van der Waals surface area contributed by atoms with Gasteiger partial charge in [-0.15, -0.1) is 11.3 Å². The second-order valence-electron chi connectivity index (χ2n) is 6.31. The molecule has 1 N–H and O–H groups in total. The molecule has 6 heteroatoms. The van der Waals surface area contributed by atoms with E-state index in [0.717, 1.165) is 36.1 Å². The number of carbonyl (C=O) groups is 1. The Morgan fingerprint density at radius 2 is 2.21 bits per heavy atom. The van der Waals surface area contributed by atoms with E-state index in [-0.39, 0.29) is 5.91 Å². The maximum Gasteiger partial charge on any atom is 0.227 e. The summed E-state index contributed by atoms with van der Waals surface area (Å²) in [6.07, 6.45) is 4.71. The molecule has 4 rings (SSSR count). The molecule has 1 fully saturated rings. The van der Waals surface area contributed by atoms with Crippen LogP contribution in [0.5, 0.6) is 0 Å². The first-order chi connectivity index (χ1) is 11.7. The van der Waals surface area contributed by atoms with Crippen molar-refractivity contribution in [1.82, 2.24) is 14.5 Å². The summed E-state index contributed by atoms with van der Waals surface area (Å²) in [7, 11) is 0. The quantitative estimate of drug-likeness (QED) is 0.761. The highest BCUT2D eigenvalue weighted by Crippen LogP contribution is 2.36. The lowest BCUT2D eigenvalue weighted by atomic mass is 9.93. The van der Waals surface area contributed by atoms with Crippen LogP contribution in [0.15, 0.2) is 29.6 Å². The van der Waals surface area contributed by atoms with Crippen LogP contribution in [-0.2, 0) is 11.2 Å². The van der Waals surface area contributed by atoms with Gasteiger partial charge in [0.1, 0.15) is 5.52 Å². The maximum atomic E-state index is 12.4. The number of hydrogen-bond acceptors (Lipinski definition) is 4. The summed E-state index contributed by atoms with van der Waals surface area (Å²) in [5.41, 5.74) is 2.70. The average Bonchev–Trinajstić information content (AvgIpc) is 3.13. The molecule has 3 aromatic rings. The van der Waals surface area contributed by atoms with E-state index in [1.165, 1.54) is 11.3 Å². The summed E-state index contributed by atoms with van der Waals surface area (Å²) in [6.45, 7) is 1.98. The number of nitrogens with zero attached hydrogens (tertiary/aromatic N) is 3. The monoisotopic (exact) mass is 340 g/mol. The zero-order valence-corrected chi connectivity index (χ0v) is 14.5. The fraction of sp³-hybridized carbons (Fsp3) is 0.389. The molecule has 1 saturated carbocycles. The summed E-state index contributed by atoms with van der Waals surface area (Å²) >= 11 is 1.69. The molecule has 0 aromatic carbocycles. The van der Waals surface area contributed by atoms with Gasteiger partial charge in [-0.1, -0.05) is 6.07 Å². The topological polar surface area (TPSA) is 59.8 Å². The second-order valence-corrected chi connectivity index (χ2v) is 7.35. The van der Waals surface area contributed by atoms with E-state index >= 15 is 0 Å². The summed E-state index contributed by atoms with van der Waals surface area (Å²) in [5.74, 6) is 0.653. The van der Waals surface area contributed by atoms with E-state index in [4.69, 9.17) is 0 Å². The number of carbonyl (C=O) groups excluding carboxylic acids is 1. The molecule has 124 valence electrons. The standard InChI is InChI=1S/C18H20N4OS/c1-12-7-9-15-17(19-12)22(13-4-2-5-13)18(20-15)21-16(23)10-8-14-6-3-11-24-14/h3,6-7,9,11,13H,2,4-5,8,10H2,1H3,(H,20,21,23). The van der Waals surface area contributed by atoms with Crippen molar-refractivity contribution in [1.29, 1.82) is 0 Å². The van der Waals surface area contributed by atoms with Crippen molar-refractivity contribution in [3.05, 3.63) is 40.2 Å². The Hall–Kier alpha value is -2.21. The van der Waals surface area contributed by atoms with Crippen LogP contribution in [0.2, 0.25) is 0 Å². The van der Waals surface area contributed by atoms with Crippen molar-refractivity contribution >= 4 is 34.4 Å². The number of anilines is 1. The second kappa shape index (κ2) is 6.36. The van der Waals surface area contributed by atoms with Crippen molar-refractivity contribution in [2.24, 2.45) is 0 Å². The first-order valence-corrected chi connectivity index (χ1v) is 9.26. The van der Waals surface area contributed by atoms with E-state index in [2.05, 4.69) is 25.9 Å². The average molecular weight is 340 g/mol. The van der Waals surface area contributed by atoms with Gasteiger partial charge in [0.25, 0.3) is 0 Å². The molecule has 0 bridgehead atoms. The number of rotatable bonds is 5. The van der Waals surface area contributed by atoms with E-state index in [9.17, 15) is 4.79 Å². The molecule has 1 aliphatic carbocycles. The van der Waals surface area contributed by atoms with Crippen LogP contribution in [0.25, 0.3) is 11.2 Å². The van der Waals surface area contributed by atoms with Gasteiger partial charge in [0.2, 0.25) is 11.9 Å². The number of nitrogens with one attached hydrogen (secondary N) is 1. The van der Waals surface area contributed by atoms with Crippen LogP contribution >= 0.6 is 11.3 Å². The Morgan fingerprint density at radius 3 is 2.92 bits per heavy atom. The number of hydrogen-bond donors (Lipinski definition) is 1. The predicted octanol–water partition coefficient (Wildman–Crippen LogP) is 4.10. The van der Waals surface area contributed by atoms with Gasteiger partial charge < -0.3 is 0 Å². The van der Waals surface area contributed by atoms with Crippen LogP contribution < -0.4 is 5.32 Å². The van der Waals surface area contributed by atoms with Gasteiger partial charge in [-0.2, -0.15) is 0 Å². The number of amides is 1. The molecule has 3 heterocycles. The Morgan fingerprint density at radius 1 is 1.33 bits per heavy atom. The Labute approximate surface area is 144 Å². The molecule has 5 nitrogen and oxygen atoms in total. The molecule has 0 unspecified atom stereocenters. The summed E-state index contributed by atoms with van der Waals surface area (Å²) in [5, 5.41) is 5.05. The summed E-state index contributed by atoms with van der Waals surface area (Å²) in [4.78, 5) is 22.8.